The van der Waals surface area contributed by atoms with Crippen LogP contribution >= 0.6 is 47.5 Å². The minimum Gasteiger partial charge on any atom is -0.492 e. The molecular formula is C27H28Cl2N6O3S2. The van der Waals surface area contributed by atoms with E-state index >= 15 is 0 Å². The summed E-state index contributed by atoms with van der Waals surface area (Å²) in [6.45, 7) is 7.20. The van der Waals surface area contributed by atoms with Crippen LogP contribution in [0.4, 0.5) is 5.82 Å². The van der Waals surface area contributed by atoms with Gasteiger partial charge in [-0.05, 0) is 36.1 Å². The number of fused-ring (bicyclic) bond motifs is 1. The molecule has 0 spiro atoms. The summed E-state index contributed by atoms with van der Waals surface area (Å²) >= 11 is 3.03. The second kappa shape index (κ2) is 13.1. The summed E-state index contributed by atoms with van der Waals surface area (Å²) in [5.41, 5.74) is 5.22. The molecule has 9 nitrogen and oxygen atoms in total. The maximum atomic E-state index is 12.6. The summed E-state index contributed by atoms with van der Waals surface area (Å²) in [5.74, 6) is 0.915. The quantitative estimate of drug-likeness (QED) is 0.270. The molecular weight excluding hydrogens is 591 g/mol. The molecule has 2 aliphatic heterocycles. The standard InChI is InChI=1S/C27H26N6O3S2.2ClH/c1-17-14-22(34)33(27(17)35)31-25-23-20(16-38-26(23)30-24(29-25)21-6-3-13-37-21)18-4-2-5-19(15-18)36-12-11-32-9-7-28-8-10-32;;/h2-6,13-16,28H,7-12H2,1H3,(H,29,30,31);2*1H. The van der Waals surface area contributed by atoms with Gasteiger partial charge in [-0.15, -0.1) is 47.5 Å². The molecule has 2 N–H and O–H groups in total. The van der Waals surface area contributed by atoms with E-state index in [9.17, 15) is 9.59 Å². The summed E-state index contributed by atoms with van der Waals surface area (Å²) in [6.07, 6.45) is 1.32. The van der Waals surface area contributed by atoms with Gasteiger partial charge in [-0.25, -0.2) is 9.97 Å². The highest BCUT2D eigenvalue weighted by molar-refractivity contribution is 7.17. The highest BCUT2D eigenvalue weighted by atomic mass is 35.5. The molecule has 210 valence electrons. The molecule has 1 saturated heterocycles. The average molecular weight is 620 g/mol. The molecule has 5 heterocycles. The number of thiophene rings is 2. The molecule has 0 radical (unpaired) electrons. The summed E-state index contributed by atoms with van der Waals surface area (Å²) in [7, 11) is 0. The van der Waals surface area contributed by atoms with Crippen LogP contribution in [-0.4, -0.2) is 71.0 Å². The third kappa shape index (κ3) is 6.14. The number of aromatic nitrogens is 2. The first kappa shape index (κ1) is 29.9. The van der Waals surface area contributed by atoms with Crippen LogP contribution < -0.4 is 15.5 Å². The molecule has 0 aliphatic carbocycles. The number of imide groups is 1. The number of hydrazine groups is 1. The van der Waals surface area contributed by atoms with Crippen LogP contribution in [-0.2, 0) is 9.59 Å². The Kier molecular flexibility index (Phi) is 9.77. The van der Waals surface area contributed by atoms with Gasteiger partial charge in [-0.2, -0.15) is 5.01 Å². The van der Waals surface area contributed by atoms with Crippen molar-refractivity contribution in [1.29, 1.82) is 0 Å². The van der Waals surface area contributed by atoms with E-state index < -0.39 is 11.8 Å². The van der Waals surface area contributed by atoms with Crippen LogP contribution in [0.25, 0.3) is 32.0 Å². The van der Waals surface area contributed by atoms with Gasteiger partial charge in [0.2, 0.25) is 0 Å². The number of benzene rings is 1. The van der Waals surface area contributed by atoms with Gasteiger partial charge in [0.05, 0.1) is 10.3 Å². The number of hydrogen-bond acceptors (Lipinski definition) is 10. The van der Waals surface area contributed by atoms with Crippen molar-refractivity contribution in [2.75, 3.05) is 44.8 Å². The van der Waals surface area contributed by atoms with Crippen molar-refractivity contribution in [3.63, 3.8) is 0 Å². The molecule has 2 amide bonds. The Labute approximate surface area is 252 Å². The third-order valence-electron chi connectivity index (χ3n) is 6.52. The van der Waals surface area contributed by atoms with Crippen LogP contribution in [0.5, 0.6) is 5.75 Å². The lowest BCUT2D eigenvalue weighted by molar-refractivity contribution is -0.135. The highest BCUT2D eigenvalue weighted by Crippen LogP contribution is 2.40. The molecule has 6 rings (SSSR count). The number of hydrogen-bond donors (Lipinski definition) is 2. The lowest BCUT2D eigenvalue weighted by Crippen LogP contribution is -2.44. The summed E-state index contributed by atoms with van der Waals surface area (Å²) < 4.78 is 6.10. The molecule has 13 heteroatoms. The van der Waals surface area contributed by atoms with Gasteiger partial charge >= 0.3 is 0 Å². The summed E-state index contributed by atoms with van der Waals surface area (Å²) in [6, 6.07) is 11.8. The van der Waals surface area contributed by atoms with Gasteiger partial charge in [0.15, 0.2) is 11.6 Å². The van der Waals surface area contributed by atoms with E-state index in [4.69, 9.17) is 14.7 Å². The number of nitrogens with zero attached hydrogens (tertiary/aromatic N) is 4. The van der Waals surface area contributed by atoms with E-state index in [-0.39, 0.29) is 24.8 Å². The lowest BCUT2D eigenvalue weighted by atomic mass is 10.1. The topological polar surface area (TPSA) is 99.7 Å². The number of piperazine rings is 1. The molecule has 0 bridgehead atoms. The molecule has 40 heavy (non-hydrogen) atoms. The van der Waals surface area contributed by atoms with E-state index in [1.807, 2.05) is 47.2 Å². The number of carbonyl (C=O) groups excluding carboxylic acids is 2. The Bertz CT molecular complexity index is 1540. The number of anilines is 1. The summed E-state index contributed by atoms with van der Waals surface area (Å²) in [4.78, 5) is 38.8. The molecule has 3 aromatic heterocycles. The zero-order valence-corrected chi connectivity index (χ0v) is 24.9. The van der Waals surface area contributed by atoms with Crippen LogP contribution in [0, 0.1) is 0 Å². The van der Waals surface area contributed by atoms with Crippen molar-refractivity contribution in [2.45, 2.75) is 6.92 Å². The minimum atomic E-state index is -0.423. The number of ether oxygens (including phenoxy) is 1. The Morgan fingerprint density at radius 2 is 1.90 bits per heavy atom. The van der Waals surface area contributed by atoms with E-state index in [0.29, 0.717) is 23.8 Å². The zero-order valence-electron chi connectivity index (χ0n) is 21.6. The maximum absolute atomic E-state index is 12.6. The smallest absolute Gasteiger partial charge is 0.275 e. The fourth-order valence-electron chi connectivity index (χ4n) is 4.53. The molecule has 1 aromatic carbocycles. The first-order valence-corrected chi connectivity index (χ1v) is 14.2. The van der Waals surface area contributed by atoms with Crippen LogP contribution in [0.2, 0.25) is 0 Å². The Balaban J connectivity index is 0.00000185. The van der Waals surface area contributed by atoms with Crippen LogP contribution in [0.3, 0.4) is 0 Å². The number of carbonyl (C=O) groups is 2. The molecule has 0 unspecified atom stereocenters. The van der Waals surface area contributed by atoms with E-state index in [0.717, 1.165) is 69.7 Å². The van der Waals surface area contributed by atoms with Crippen LogP contribution in [0.1, 0.15) is 6.92 Å². The molecule has 0 saturated carbocycles. The second-order valence-electron chi connectivity index (χ2n) is 9.09. The highest BCUT2D eigenvalue weighted by Gasteiger charge is 2.30. The van der Waals surface area contributed by atoms with Crippen LogP contribution in [0.15, 0.2) is 58.8 Å². The predicted octanol–water partition coefficient (Wildman–Crippen LogP) is 4.86. The van der Waals surface area contributed by atoms with Gasteiger partial charge in [0.25, 0.3) is 11.8 Å². The largest absolute Gasteiger partial charge is 0.492 e. The number of amides is 2. The van der Waals surface area contributed by atoms with Crippen molar-refractivity contribution >= 4 is 75.3 Å². The predicted molar refractivity (Wildman–Crippen MR) is 165 cm³/mol. The van der Waals surface area contributed by atoms with E-state index in [1.165, 1.54) is 28.7 Å². The summed E-state index contributed by atoms with van der Waals surface area (Å²) in [5, 5.41) is 9.11. The number of nitrogens with one attached hydrogen (secondary N) is 2. The maximum Gasteiger partial charge on any atom is 0.275 e. The SMILES string of the molecule is CC1=CC(=O)N(Nc2nc(-c3cccs3)nc3scc(-c4cccc(OCCN5CCNCC5)c4)c23)C1=O.Cl.Cl. The van der Waals surface area contributed by atoms with Crippen molar-refractivity contribution in [3.8, 4) is 27.6 Å². The molecule has 1 fully saturated rings. The van der Waals surface area contributed by atoms with Gasteiger partial charge in [-0.1, -0.05) is 18.2 Å². The number of halogens is 2. The molecule has 0 atom stereocenters. The van der Waals surface area contributed by atoms with Gasteiger partial charge in [0, 0.05) is 55.3 Å². The molecule has 2 aliphatic rings. The lowest BCUT2D eigenvalue weighted by Gasteiger charge is -2.26. The monoisotopic (exact) mass is 618 g/mol. The minimum absolute atomic E-state index is 0. The third-order valence-corrected chi connectivity index (χ3v) is 8.26. The first-order chi connectivity index (χ1) is 18.6. The fraction of sp³-hybridized carbons (Fsp3) is 0.259. The Morgan fingerprint density at radius 3 is 2.62 bits per heavy atom. The number of rotatable bonds is 8. The zero-order chi connectivity index (χ0) is 26.1. The van der Waals surface area contributed by atoms with Gasteiger partial charge < -0.3 is 10.1 Å². The average Bonchev–Trinajstić information content (AvgIpc) is 3.67. The fourth-order valence-corrected chi connectivity index (χ4v) is 6.14. The van der Waals surface area contributed by atoms with Crippen molar-refractivity contribution in [2.24, 2.45) is 0 Å². The van der Waals surface area contributed by atoms with E-state index in [1.54, 1.807) is 6.92 Å². The normalized spacial score (nSPS) is 15.5. The Morgan fingerprint density at radius 1 is 1.07 bits per heavy atom. The van der Waals surface area contributed by atoms with Crippen molar-refractivity contribution in [1.82, 2.24) is 25.2 Å². The van der Waals surface area contributed by atoms with Crippen molar-refractivity contribution in [3.05, 3.63) is 58.8 Å². The second-order valence-corrected chi connectivity index (χ2v) is 10.9. The first-order valence-electron chi connectivity index (χ1n) is 12.4. The van der Waals surface area contributed by atoms with E-state index in [2.05, 4.69) is 15.6 Å². The van der Waals surface area contributed by atoms with Gasteiger partial charge in [-0.3, -0.25) is 19.9 Å². The van der Waals surface area contributed by atoms with Gasteiger partial charge in [0.1, 0.15) is 17.2 Å². The van der Waals surface area contributed by atoms with Crippen molar-refractivity contribution < 1.29 is 14.3 Å². The Hall–Kier alpha value is -3.06. The molecule has 4 aromatic rings.